The van der Waals surface area contributed by atoms with Crippen molar-refractivity contribution in [2.75, 3.05) is 12.0 Å². The zero-order valence-electron chi connectivity index (χ0n) is 10.1. The van der Waals surface area contributed by atoms with E-state index in [1.165, 1.54) is 0 Å². The molecule has 0 radical (unpaired) electrons. The number of hydrogen-bond donors (Lipinski definition) is 3. The highest BCUT2D eigenvalue weighted by Gasteiger charge is 2.11. The first-order valence-electron chi connectivity index (χ1n) is 5.59. The average molecular weight is 256 g/mol. The number of halogens is 1. The maximum Gasteiger partial charge on any atom is 0.253 e. The molecule has 0 aliphatic rings. The monoisotopic (exact) mass is 255 g/mol. The minimum absolute atomic E-state index is 0.166. The van der Waals surface area contributed by atoms with Crippen LogP contribution in [0.2, 0.25) is 5.02 Å². The zero-order chi connectivity index (χ0) is 12.8. The lowest BCUT2D eigenvalue weighted by atomic mass is 10.1. The molecule has 0 saturated heterocycles. The Kier molecular flexibility index (Phi) is 5.25. The molecule has 0 spiro atoms. The summed E-state index contributed by atoms with van der Waals surface area (Å²) in [6.45, 7) is 4.86. The van der Waals surface area contributed by atoms with Gasteiger partial charge in [-0.1, -0.05) is 25.4 Å². The highest BCUT2D eigenvalue weighted by molar-refractivity contribution is 6.31. The van der Waals surface area contributed by atoms with Crippen molar-refractivity contribution in [3.63, 3.8) is 0 Å². The van der Waals surface area contributed by atoms with Crippen LogP contribution in [0.4, 0.5) is 5.69 Å². The van der Waals surface area contributed by atoms with Crippen LogP contribution in [0.3, 0.4) is 0 Å². The van der Waals surface area contributed by atoms with E-state index in [-0.39, 0.29) is 5.91 Å². The molecule has 4 N–H and O–H groups in total. The summed E-state index contributed by atoms with van der Waals surface area (Å²) >= 11 is 5.85. The van der Waals surface area contributed by atoms with Crippen molar-refractivity contribution in [1.29, 1.82) is 0 Å². The lowest BCUT2D eigenvalue weighted by Crippen LogP contribution is -2.26. The number of carbonyl (C=O) groups excluding carboxylic acids is 1. The van der Waals surface area contributed by atoms with E-state index in [0.29, 0.717) is 28.7 Å². The van der Waals surface area contributed by atoms with Gasteiger partial charge < -0.3 is 10.7 Å². The molecule has 0 unspecified atom stereocenters. The molecule has 1 rings (SSSR count). The lowest BCUT2D eigenvalue weighted by Gasteiger charge is -2.11. The van der Waals surface area contributed by atoms with Crippen LogP contribution < -0.4 is 16.6 Å². The molecule has 0 aliphatic heterocycles. The molecule has 94 valence electrons. The summed E-state index contributed by atoms with van der Waals surface area (Å²) in [5, 5.41) is 3.35. The lowest BCUT2D eigenvalue weighted by molar-refractivity contribution is 0.0953. The van der Waals surface area contributed by atoms with Crippen molar-refractivity contribution in [2.24, 2.45) is 11.8 Å². The molecule has 0 aromatic heterocycles. The van der Waals surface area contributed by atoms with Gasteiger partial charge in [-0.2, -0.15) is 0 Å². The minimum Gasteiger partial charge on any atom is -0.352 e. The molecular weight excluding hydrogens is 238 g/mol. The van der Waals surface area contributed by atoms with Gasteiger partial charge in [0, 0.05) is 11.6 Å². The van der Waals surface area contributed by atoms with Crippen molar-refractivity contribution in [3.8, 4) is 0 Å². The Morgan fingerprint density at radius 2 is 2.18 bits per heavy atom. The highest BCUT2D eigenvalue weighted by Crippen LogP contribution is 2.19. The molecule has 1 amide bonds. The SMILES string of the molecule is CC(C)CCNC(=O)c1cc(Cl)ccc1NN. The van der Waals surface area contributed by atoms with Gasteiger partial charge in [0.15, 0.2) is 0 Å². The van der Waals surface area contributed by atoms with E-state index in [9.17, 15) is 4.79 Å². The van der Waals surface area contributed by atoms with Crippen molar-refractivity contribution in [3.05, 3.63) is 28.8 Å². The number of hydrogen-bond acceptors (Lipinski definition) is 3. The third kappa shape index (κ3) is 4.24. The molecule has 5 heteroatoms. The Hall–Kier alpha value is -1.26. The second kappa shape index (κ2) is 6.47. The summed E-state index contributed by atoms with van der Waals surface area (Å²) < 4.78 is 0. The fourth-order valence-corrected chi connectivity index (χ4v) is 1.57. The predicted molar refractivity (Wildman–Crippen MR) is 71.1 cm³/mol. The van der Waals surface area contributed by atoms with Crippen LogP contribution in [0.25, 0.3) is 0 Å². The molecule has 0 heterocycles. The summed E-state index contributed by atoms with van der Waals surface area (Å²) in [5.74, 6) is 5.73. The van der Waals surface area contributed by atoms with Crippen molar-refractivity contribution in [1.82, 2.24) is 5.32 Å². The molecule has 17 heavy (non-hydrogen) atoms. The van der Waals surface area contributed by atoms with Gasteiger partial charge in [-0.15, -0.1) is 0 Å². The number of hydrazine groups is 1. The molecule has 0 fully saturated rings. The largest absolute Gasteiger partial charge is 0.352 e. The maximum atomic E-state index is 11.9. The number of nitrogens with one attached hydrogen (secondary N) is 2. The summed E-state index contributed by atoms with van der Waals surface area (Å²) in [4.78, 5) is 11.9. The van der Waals surface area contributed by atoms with Gasteiger partial charge in [-0.05, 0) is 30.5 Å². The van der Waals surface area contributed by atoms with Gasteiger partial charge in [0.1, 0.15) is 0 Å². The normalized spacial score (nSPS) is 10.4. The van der Waals surface area contributed by atoms with Crippen LogP contribution >= 0.6 is 11.6 Å². The molecule has 0 atom stereocenters. The Morgan fingerprint density at radius 1 is 1.47 bits per heavy atom. The number of rotatable bonds is 5. The summed E-state index contributed by atoms with van der Waals surface area (Å²) in [6, 6.07) is 4.96. The van der Waals surface area contributed by atoms with E-state index < -0.39 is 0 Å². The third-order valence-electron chi connectivity index (χ3n) is 2.39. The van der Waals surface area contributed by atoms with E-state index in [0.717, 1.165) is 6.42 Å². The standard InChI is InChI=1S/C12H18ClN3O/c1-8(2)5-6-15-12(17)10-7-9(13)3-4-11(10)16-14/h3-4,7-8,16H,5-6,14H2,1-2H3,(H,15,17). The summed E-state index contributed by atoms with van der Waals surface area (Å²) in [7, 11) is 0. The summed E-state index contributed by atoms with van der Waals surface area (Å²) in [5.41, 5.74) is 3.51. The second-order valence-electron chi connectivity index (χ2n) is 4.27. The molecular formula is C12H18ClN3O. The number of carbonyl (C=O) groups is 1. The van der Waals surface area contributed by atoms with Crippen molar-refractivity contribution >= 4 is 23.2 Å². The van der Waals surface area contributed by atoms with Crippen LogP contribution in [0, 0.1) is 5.92 Å². The average Bonchev–Trinajstić information content (AvgIpc) is 2.28. The van der Waals surface area contributed by atoms with Gasteiger partial charge in [0.25, 0.3) is 5.91 Å². The number of nitrogens with two attached hydrogens (primary N) is 1. The van der Waals surface area contributed by atoms with Gasteiger partial charge in [0.05, 0.1) is 11.3 Å². The fourth-order valence-electron chi connectivity index (χ4n) is 1.40. The zero-order valence-corrected chi connectivity index (χ0v) is 10.8. The van der Waals surface area contributed by atoms with Crippen LogP contribution in [0.15, 0.2) is 18.2 Å². The van der Waals surface area contributed by atoms with Crippen LogP contribution in [-0.4, -0.2) is 12.5 Å². The number of benzene rings is 1. The first kappa shape index (κ1) is 13.8. The molecule has 0 saturated carbocycles. The van der Waals surface area contributed by atoms with Crippen LogP contribution in [-0.2, 0) is 0 Å². The van der Waals surface area contributed by atoms with Crippen LogP contribution in [0.5, 0.6) is 0 Å². The smallest absolute Gasteiger partial charge is 0.253 e. The first-order valence-corrected chi connectivity index (χ1v) is 5.96. The molecule has 0 aliphatic carbocycles. The van der Waals surface area contributed by atoms with E-state index in [4.69, 9.17) is 17.4 Å². The van der Waals surface area contributed by atoms with Gasteiger partial charge in [0.2, 0.25) is 0 Å². The Balaban J connectivity index is 2.70. The Bertz CT molecular complexity index is 393. The Morgan fingerprint density at radius 3 is 2.76 bits per heavy atom. The minimum atomic E-state index is -0.166. The number of anilines is 1. The van der Waals surface area contributed by atoms with Gasteiger partial charge >= 0.3 is 0 Å². The van der Waals surface area contributed by atoms with E-state index in [1.807, 2.05) is 0 Å². The van der Waals surface area contributed by atoms with Gasteiger partial charge in [-0.25, -0.2) is 0 Å². The fraction of sp³-hybridized carbons (Fsp3) is 0.417. The quantitative estimate of drug-likeness (QED) is 0.559. The van der Waals surface area contributed by atoms with E-state index >= 15 is 0 Å². The molecule has 4 nitrogen and oxygen atoms in total. The molecule has 0 bridgehead atoms. The second-order valence-corrected chi connectivity index (χ2v) is 4.71. The van der Waals surface area contributed by atoms with Crippen molar-refractivity contribution in [2.45, 2.75) is 20.3 Å². The summed E-state index contributed by atoms with van der Waals surface area (Å²) in [6.07, 6.45) is 0.942. The Labute approximate surface area is 106 Å². The molecule has 1 aromatic rings. The topological polar surface area (TPSA) is 67.2 Å². The molecule has 1 aromatic carbocycles. The maximum absolute atomic E-state index is 11.9. The first-order chi connectivity index (χ1) is 8.04. The van der Waals surface area contributed by atoms with E-state index in [1.54, 1.807) is 18.2 Å². The van der Waals surface area contributed by atoms with Crippen LogP contribution in [0.1, 0.15) is 30.6 Å². The highest BCUT2D eigenvalue weighted by atomic mass is 35.5. The predicted octanol–water partition coefficient (Wildman–Crippen LogP) is 2.40. The number of nitrogen functional groups attached to an aromatic ring is 1. The van der Waals surface area contributed by atoms with Crippen molar-refractivity contribution < 1.29 is 4.79 Å². The number of amides is 1. The van der Waals surface area contributed by atoms with E-state index in [2.05, 4.69) is 24.6 Å². The third-order valence-corrected chi connectivity index (χ3v) is 2.62. The van der Waals surface area contributed by atoms with Gasteiger partial charge in [-0.3, -0.25) is 10.6 Å².